The zero-order chi connectivity index (χ0) is 18.4. The van der Waals surface area contributed by atoms with Crippen molar-refractivity contribution in [1.29, 1.82) is 0 Å². The highest BCUT2D eigenvalue weighted by molar-refractivity contribution is 6.04. The molecule has 0 spiro atoms. The third-order valence-corrected chi connectivity index (χ3v) is 3.51. The lowest BCUT2D eigenvalue weighted by Gasteiger charge is -2.10. The van der Waals surface area contributed by atoms with Crippen LogP contribution in [0.3, 0.4) is 0 Å². The summed E-state index contributed by atoms with van der Waals surface area (Å²) in [5.74, 6) is -0.275. The van der Waals surface area contributed by atoms with Crippen LogP contribution in [0, 0.1) is 5.82 Å². The summed E-state index contributed by atoms with van der Waals surface area (Å²) in [6.45, 7) is 0.604. The van der Waals surface area contributed by atoms with Crippen LogP contribution in [0.1, 0.15) is 10.4 Å². The van der Waals surface area contributed by atoms with Gasteiger partial charge in [-0.15, -0.1) is 0 Å². The Morgan fingerprint density at radius 1 is 1.23 bits per heavy atom. The van der Waals surface area contributed by atoms with Crippen LogP contribution in [0.25, 0.3) is 5.82 Å². The second kappa shape index (κ2) is 8.21. The largest absolute Gasteiger partial charge is 0.488 e. The van der Waals surface area contributed by atoms with Gasteiger partial charge >= 0.3 is 0 Å². The SMILES string of the molecule is COCCOc1ccc(NC(=O)c2ccnc(-n3ccnc3)c2)cc1F. The first-order chi connectivity index (χ1) is 12.7. The van der Waals surface area contributed by atoms with Crippen molar-refractivity contribution in [3.05, 3.63) is 66.6 Å². The maximum absolute atomic E-state index is 14.0. The molecule has 8 heteroatoms. The van der Waals surface area contributed by atoms with Gasteiger partial charge in [0.05, 0.1) is 6.61 Å². The minimum absolute atomic E-state index is 0.103. The van der Waals surface area contributed by atoms with Gasteiger partial charge in [0.2, 0.25) is 0 Å². The van der Waals surface area contributed by atoms with Gasteiger partial charge in [-0.3, -0.25) is 9.36 Å². The number of anilines is 1. The molecule has 0 saturated heterocycles. The van der Waals surface area contributed by atoms with Crippen molar-refractivity contribution in [1.82, 2.24) is 14.5 Å². The van der Waals surface area contributed by atoms with Gasteiger partial charge in [-0.2, -0.15) is 0 Å². The number of hydrogen-bond donors (Lipinski definition) is 1. The van der Waals surface area contributed by atoms with E-state index in [-0.39, 0.29) is 18.3 Å². The molecule has 3 rings (SSSR count). The van der Waals surface area contributed by atoms with Crippen LogP contribution in [0.15, 0.2) is 55.2 Å². The minimum atomic E-state index is -0.562. The van der Waals surface area contributed by atoms with Gasteiger partial charge in [0.25, 0.3) is 5.91 Å². The standard InChI is InChI=1S/C18H17FN4O3/c1-25-8-9-26-16-3-2-14(11-15(16)19)22-18(24)13-4-5-21-17(10-13)23-7-6-20-12-23/h2-7,10-12H,8-9H2,1H3,(H,22,24). The fraction of sp³-hybridized carbons (Fsp3) is 0.167. The molecule has 3 aromatic rings. The summed E-state index contributed by atoms with van der Waals surface area (Å²) in [5, 5.41) is 2.65. The Morgan fingerprint density at radius 2 is 2.12 bits per heavy atom. The number of aromatic nitrogens is 3. The van der Waals surface area contributed by atoms with Crippen molar-refractivity contribution < 1.29 is 18.7 Å². The van der Waals surface area contributed by atoms with Gasteiger partial charge in [-0.05, 0) is 24.3 Å². The van der Waals surface area contributed by atoms with Gasteiger partial charge in [0, 0.05) is 43.0 Å². The molecule has 26 heavy (non-hydrogen) atoms. The summed E-state index contributed by atoms with van der Waals surface area (Å²) in [6, 6.07) is 7.44. The van der Waals surface area contributed by atoms with Gasteiger partial charge < -0.3 is 14.8 Å². The highest BCUT2D eigenvalue weighted by Gasteiger charge is 2.11. The number of carbonyl (C=O) groups is 1. The Labute approximate surface area is 149 Å². The maximum Gasteiger partial charge on any atom is 0.255 e. The van der Waals surface area contributed by atoms with Crippen molar-refractivity contribution in [2.45, 2.75) is 0 Å². The number of halogens is 1. The lowest BCUT2D eigenvalue weighted by molar-refractivity contribution is 0.102. The molecule has 0 fully saturated rings. The highest BCUT2D eigenvalue weighted by Crippen LogP contribution is 2.21. The van der Waals surface area contributed by atoms with E-state index in [1.807, 2.05) is 0 Å². The molecule has 1 amide bonds. The Kier molecular flexibility index (Phi) is 5.55. The number of carbonyl (C=O) groups excluding carboxylic acids is 1. The highest BCUT2D eigenvalue weighted by atomic mass is 19.1. The number of amides is 1. The molecular weight excluding hydrogens is 339 g/mol. The topological polar surface area (TPSA) is 78.3 Å². The van der Waals surface area contributed by atoms with Gasteiger partial charge in [0.15, 0.2) is 11.6 Å². The van der Waals surface area contributed by atoms with E-state index < -0.39 is 5.82 Å². The monoisotopic (exact) mass is 356 g/mol. The maximum atomic E-state index is 14.0. The molecule has 7 nitrogen and oxygen atoms in total. The third-order valence-electron chi connectivity index (χ3n) is 3.51. The lowest BCUT2D eigenvalue weighted by Crippen LogP contribution is -2.13. The van der Waals surface area contributed by atoms with Crippen LogP contribution in [0.4, 0.5) is 10.1 Å². The minimum Gasteiger partial charge on any atom is -0.488 e. The fourth-order valence-electron chi connectivity index (χ4n) is 2.23. The molecule has 1 N–H and O–H groups in total. The number of methoxy groups -OCH3 is 1. The Bertz CT molecular complexity index is 884. The average molecular weight is 356 g/mol. The first kappa shape index (κ1) is 17.6. The molecule has 1 aromatic carbocycles. The molecule has 0 bridgehead atoms. The Hall–Kier alpha value is -3.26. The summed E-state index contributed by atoms with van der Waals surface area (Å²) >= 11 is 0. The first-order valence-electron chi connectivity index (χ1n) is 7.84. The van der Waals surface area contributed by atoms with Crippen molar-refractivity contribution in [3.8, 4) is 11.6 Å². The summed E-state index contributed by atoms with van der Waals surface area (Å²) in [6.07, 6.45) is 6.45. The molecule has 0 aliphatic rings. The molecule has 0 atom stereocenters. The van der Waals surface area contributed by atoms with Crippen molar-refractivity contribution in [2.24, 2.45) is 0 Å². The zero-order valence-corrected chi connectivity index (χ0v) is 14.1. The van der Waals surface area contributed by atoms with E-state index in [0.717, 1.165) is 0 Å². The van der Waals surface area contributed by atoms with Crippen molar-refractivity contribution >= 4 is 11.6 Å². The molecule has 2 aromatic heterocycles. The smallest absolute Gasteiger partial charge is 0.255 e. The number of rotatable bonds is 7. The van der Waals surface area contributed by atoms with Gasteiger partial charge in [-0.25, -0.2) is 14.4 Å². The number of benzene rings is 1. The summed E-state index contributed by atoms with van der Waals surface area (Å²) in [5.41, 5.74) is 0.720. The Balaban J connectivity index is 1.70. The van der Waals surface area contributed by atoms with E-state index in [0.29, 0.717) is 23.7 Å². The van der Waals surface area contributed by atoms with Crippen LogP contribution in [0.2, 0.25) is 0 Å². The van der Waals surface area contributed by atoms with Crippen LogP contribution in [0.5, 0.6) is 5.75 Å². The van der Waals surface area contributed by atoms with Gasteiger partial charge in [-0.1, -0.05) is 0 Å². The van der Waals surface area contributed by atoms with E-state index in [4.69, 9.17) is 9.47 Å². The zero-order valence-electron chi connectivity index (χ0n) is 14.1. The first-order valence-corrected chi connectivity index (χ1v) is 7.84. The average Bonchev–Trinajstić information content (AvgIpc) is 3.18. The number of imidazole rings is 1. The lowest BCUT2D eigenvalue weighted by atomic mass is 10.2. The van der Waals surface area contributed by atoms with Crippen LogP contribution in [-0.4, -0.2) is 40.8 Å². The number of hydrogen-bond acceptors (Lipinski definition) is 5. The quantitative estimate of drug-likeness (QED) is 0.659. The molecule has 0 aliphatic heterocycles. The number of nitrogens with one attached hydrogen (secondary N) is 1. The van der Waals surface area contributed by atoms with Gasteiger partial charge in [0.1, 0.15) is 18.8 Å². The molecular formula is C18H17FN4O3. The fourth-order valence-corrected chi connectivity index (χ4v) is 2.23. The molecule has 134 valence electrons. The summed E-state index contributed by atoms with van der Waals surface area (Å²) in [7, 11) is 1.54. The molecule has 0 aliphatic carbocycles. The second-order valence-corrected chi connectivity index (χ2v) is 5.31. The number of nitrogens with zero attached hydrogens (tertiary/aromatic N) is 3. The van der Waals surface area contributed by atoms with Crippen LogP contribution >= 0.6 is 0 Å². The molecule has 0 radical (unpaired) electrons. The number of pyridine rings is 1. The van der Waals surface area contributed by atoms with Crippen molar-refractivity contribution in [2.75, 3.05) is 25.6 Å². The third kappa shape index (κ3) is 4.22. The van der Waals surface area contributed by atoms with E-state index in [1.165, 1.54) is 25.4 Å². The predicted octanol–water partition coefficient (Wildman–Crippen LogP) is 2.68. The van der Waals surface area contributed by atoms with E-state index in [2.05, 4.69) is 15.3 Å². The Morgan fingerprint density at radius 3 is 2.85 bits per heavy atom. The van der Waals surface area contributed by atoms with E-state index in [9.17, 15) is 9.18 Å². The summed E-state index contributed by atoms with van der Waals surface area (Å²) < 4.78 is 25.8. The normalized spacial score (nSPS) is 10.5. The predicted molar refractivity (Wildman–Crippen MR) is 93.1 cm³/mol. The number of ether oxygens (including phenoxy) is 2. The molecule has 0 saturated carbocycles. The molecule has 2 heterocycles. The molecule has 0 unspecified atom stereocenters. The van der Waals surface area contributed by atoms with E-state index in [1.54, 1.807) is 41.5 Å². The van der Waals surface area contributed by atoms with Crippen molar-refractivity contribution in [3.63, 3.8) is 0 Å². The van der Waals surface area contributed by atoms with Crippen LogP contribution in [-0.2, 0) is 4.74 Å². The van der Waals surface area contributed by atoms with Crippen LogP contribution < -0.4 is 10.1 Å². The summed E-state index contributed by atoms with van der Waals surface area (Å²) in [4.78, 5) is 20.5. The van der Waals surface area contributed by atoms with E-state index >= 15 is 0 Å². The second-order valence-electron chi connectivity index (χ2n) is 5.31.